The monoisotopic (exact) mass is 259 g/mol. The molecule has 1 unspecified atom stereocenters. The number of amides is 2. The van der Waals surface area contributed by atoms with E-state index in [-0.39, 0.29) is 6.61 Å². The fourth-order valence-corrected chi connectivity index (χ4v) is 2.04. The zero-order valence-corrected chi connectivity index (χ0v) is 11.2. The van der Waals surface area contributed by atoms with E-state index in [0.29, 0.717) is 0 Å². The number of hydrogen-bond donors (Lipinski definition) is 2. The summed E-state index contributed by atoms with van der Waals surface area (Å²) in [6.45, 7) is 6.50. The predicted molar refractivity (Wildman–Crippen MR) is 61.8 cm³/mol. The average molecular weight is 259 g/mol. The zero-order chi connectivity index (χ0) is 13.3. The minimum absolute atomic E-state index is 0.165. The van der Waals surface area contributed by atoms with E-state index in [9.17, 15) is 19.5 Å². The normalized spacial score (nSPS) is 24.7. The Bertz CT molecular complexity index is 362. The van der Waals surface area contributed by atoms with Gasteiger partial charge >= 0.3 is 5.97 Å². The highest BCUT2D eigenvalue weighted by molar-refractivity contribution is 6.76. The minimum Gasteiger partial charge on any atom is -0.463 e. The summed E-state index contributed by atoms with van der Waals surface area (Å²) in [4.78, 5) is 33.7. The lowest BCUT2D eigenvalue weighted by atomic mass is 10.0. The number of imide groups is 1. The molecular weight excluding hydrogens is 242 g/mol. The highest BCUT2D eigenvalue weighted by Gasteiger charge is 2.53. The van der Waals surface area contributed by atoms with Gasteiger partial charge in [0.15, 0.2) is 0 Å². The molecule has 0 aromatic heterocycles. The van der Waals surface area contributed by atoms with Crippen LogP contribution in [0.5, 0.6) is 0 Å². The Morgan fingerprint density at radius 1 is 1.47 bits per heavy atom. The lowest BCUT2D eigenvalue weighted by Gasteiger charge is -2.19. The summed E-state index contributed by atoms with van der Waals surface area (Å²) in [6, 6.07) is 0.740. The second kappa shape index (κ2) is 4.57. The van der Waals surface area contributed by atoms with Crippen LogP contribution in [0.25, 0.3) is 0 Å². The molecule has 2 amide bonds. The second-order valence-corrected chi connectivity index (χ2v) is 11.0. The van der Waals surface area contributed by atoms with Gasteiger partial charge in [-0.1, -0.05) is 19.6 Å². The van der Waals surface area contributed by atoms with Crippen LogP contribution in [-0.4, -0.2) is 43.2 Å². The molecule has 7 heteroatoms. The van der Waals surface area contributed by atoms with Gasteiger partial charge in [-0.15, -0.1) is 0 Å². The molecule has 1 heterocycles. The van der Waals surface area contributed by atoms with Crippen molar-refractivity contribution in [2.24, 2.45) is 0 Å². The number of hydrogen-bond acceptors (Lipinski definition) is 5. The first-order valence-corrected chi connectivity index (χ1v) is 9.10. The maximum Gasteiger partial charge on any atom is 0.348 e. The first-order valence-electron chi connectivity index (χ1n) is 5.39. The summed E-state index contributed by atoms with van der Waals surface area (Å²) >= 11 is 0. The van der Waals surface area contributed by atoms with E-state index < -0.39 is 37.9 Å². The van der Waals surface area contributed by atoms with Crippen molar-refractivity contribution >= 4 is 25.9 Å². The van der Waals surface area contributed by atoms with Gasteiger partial charge in [0.2, 0.25) is 11.5 Å². The Kier molecular flexibility index (Phi) is 3.73. The molecular formula is C10H17NO5Si. The van der Waals surface area contributed by atoms with Gasteiger partial charge < -0.3 is 9.84 Å². The molecule has 0 aliphatic carbocycles. The number of aliphatic hydroxyl groups is 1. The van der Waals surface area contributed by atoms with Gasteiger partial charge in [-0.2, -0.15) is 0 Å². The fraction of sp³-hybridized carbons (Fsp3) is 0.700. The Hall–Kier alpha value is -1.21. The summed E-state index contributed by atoms with van der Waals surface area (Å²) in [5.74, 6) is -2.71. The molecule has 0 spiro atoms. The third-order valence-electron chi connectivity index (χ3n) is 2.47. The summed E-state index contributed by atoms with van der Waals surface area (Å²) in [6.07, 6.45) is -0.558. The van der Waals surface area contributed by atoms with Crippen LogP contribution in [0, 0.1) is 0 Å². The average Bonchev–Trinajstić information content (AvgIpc) is 2.39. The smallest absolute Gasteiger partial charge is 0.348 e. The first kappa shape index (κ1) is 13.9. The number of esters is 1. The highest BCUT2D eigenvalue weighted by Crippen LogP contribution is 2.19. The zero-order valence-electron chi connectivity index (χ0n) is 10.2. The fourth-order valence-electron chi connectivity index (χ4n) is 1.32. The highest BCUT2D eigenvalue weighted by atomic mass is 28.3. The number of rotatable bonds is 4. The molecule has 1 aliphatic heterocycles. The topological polar surface area (TPSA) is 92.7 Å². The van der Waals surface area contributed by atoms with Gasteiger partial charge in [-0.3, -0.25) is 14.9 Å². The SMILES string of the molecule is C[Si](C)(C)CCOC(=O)C1(O)CC(=O)NC1=O. The molecule has 0 bridgehead atoms. The van der Waals surface area contributed by atoms with Crippen LogP contribution < -0.4 is 5.32 Å². The Morgan fingerprint density at radius 2 is 2.06 bits per heavy atom. The lowest BCUT2D eigenvalue weighted by molar-refractivity contribution is -0.168. The molecule has 1 atom stereocenters. The number of carbonyl (C=O) groups is 3. The van der Waals surface area contributed by atoms with Gasteiger partial charge in [0, 0.05) is 8.07 Å². The molecule has 1 aliphatic rings. The van der Waals surface area contributed by atoms with Crippen LogP contribution >= 0.6 is 0 Å². The van der Waals surface area contributed by atoms with Crippen LogP contribution in [0.2, 0.25) is 25.7 Å². The van der Waals surface area contributed by atoms with Crippen molar-refractivity contribution in [2.75, 3.05) is 6.61 Å². The van der Waals surface area contributed by atoms with E-state index in [4.69, 9.17) is 4.74 Å². The molecule has 1 fully saturated rings. The van der Waals surface area contributed by atoms with Crippen molar-refractivity contribution in [3.8, 4) is 0 Å². The lowest BCUT2D eigenvalue weighted by Crippen LogP contribution is -2.47. The minimum atomic E-state index is -2.34. The van der Waals surface area contributed by atoms with Crippen molar-refractivity contribution in [3.63, 3.8) is 0 Å². The van der Waals surface area contributed by atoms with E-state index in [2.05, 4.69) is 19.6 Å². The predicted octanol–water partition coefficient (Wildman–Crippen LogP) is -0.355. The molecule has 0 radical (unpaired) electrons. The molecule has 17 heavy (non-hydrogen) atoms. The van der Waals surface area contributed by atoms with Crippen LogP contribution in [0.4, 0.5) is 0 Å². The van der Waals surface area contributed by atoms with E-state index in [1.165, 1.54) is 0 Å². The van der Waals surface area contributed by atoms with Crippen molar-refractivity contribution in [1.29, 1.82) is 0 Å². The van der Waals surface area contributed by atoms with Crippen LogP contribution in [-0.2, 0) is 19.1 Å². The van der Waals surface area contributed by atoms with Gasteiger partial charge in [0.05, 0.1) is 13.0 Å². The molecule has 96 valence electrons. The van der Waals surface area contributed by atoms with Crippen molar-refractivity contribution < 1.29 is 24.2 Å². The van der Waals surface area contributed by atoms with Crippen molar-refractivity contribution in [1.82, 2.24) is 5.32 Å². The van der Waals surface area contributed by atoms with Crippen molar-refractivity contribution in [3.05, 3.63) is 0 Å². The quantitative estimate of drug-likeness (QED) is 0.311. The number of nitrogens with one attached hydrogen (secondary N) is 1. The van der Waals surface area contributed by atoms with Gasteiger partial charge in [0.25, 0.3) is 5.91 Å². The largest absolute Gasteiger partial charge is 0.463 e. The van der Waals surface area contributed by atoms with E-state index in [1.54, 1.807) is 0 Å². The van der Waals surface area contributed by atoms with Crippen LogP contribution in [0.3, 0.4) is 0 Å². The molecule has 0 aromatic rings. The molecule has 2 N–H and O–H groups in total. The Balaban J connectivity index is 2.53. The van der Waals surface area contributed by atoms with Gasteiger partial charge in [0.1, 0.15) is 0 Å². The van der Waals surface area contributed by atoms with Crippen molar-refractivity contribution in [2.45, 2.75) is 37.7 Å². The third kappa shape index (κ3) is 3.37. The molecule has 1 saturated heterocycles. The standard InChI is InChI=1S/C10H17NO5Si/c1-17(2,3)5-4-16-9(14)10(15)6-7(12)11-8(10)13/h15H,4-6H2,1-3H3,(H,11,12,13). The number of carbonyl (C=O) groups excluding carboxylic acids is 3. The molecule has 6 nitrogen and oxygen atoms in total. The number of ether oxygens (including phenoxy) is 1. The Labute approximate surface area is 100 Å². The summed E-state index contributed by atoms with van der Waals surface area (Å²) in [7, 11) is -1.34. The molecule has 0 aromatic carbocycles. The van der Waals surface area contributed by atoms with Crippen LogP contribution in [0.1, 0.15) is 6.42 Å². The molecule has 1 rings (SSSR count). The summed E-state index contributed by atoms with van der Waals surface area (Å²) < 4.78 is 4.86. The maximum atomic E-state index is 11.5. The Morgan fingerprint density at radius 3 is 2.47 bits per heavy atom. The van der Waals surface area contributed by atoms with E-state index in [0.717, 1.165) is 6.04 Å². The first-order chi connectivity index (χ1) is 7.65. The summed E-state index contributed by atoms with van der Waals surface area (Å²) in [5, 5.41) is 11.6. The maximum absolute atomic E-state index is 11.5. The molecule has 0 saturated carbocycles. The van der Waals surface area contributed by atoms with E-state index in [1.807, 2.05) is 5.32 Å². The third-order valence-corrected chi connectivity index (χ3v) is 4.17. The van der Waals surface area contributed by atoms with Gasteiger partial charge in [-0.25, -0.2) is 4.79 Å². The van der Waals surface area contributed by atoms with E-state index >= 15 is 0 Å². The van der Waals surface area contributed by atoms with Gasteiger partial charge in [-0.05, 0) is 6.04 Å². The summed E-state index contributed by atoms with van der Waals surface area (Å²) in [5.41, 5.74) is -2.34. The van der Waals surface area contributed by atoms with Crippen LogP contribution in [0.15, 0.2) is 0 Å². The second-order valence-electron chi connectivity index (χ2n) is 5.36.